The topological polar surface area (TPSA) is 17.1 Å². The van der Waals surface area contributed by atoms with E-state index < -0.39 is 5.38 Å². The maximum absolute atomic E-state index is 12.1. The van der Waals surface area contributed by atoms with Crippen LogP contribution >= 0.6 is 11.6 Å². The van der Waals surface area contributed by atoms with Crippen LogP contribution in [0.3, 0.4) is 0 Å². The fraction of sp³-hybridized carbons (Fsp3) is 0.640. The lowest BCUT2D eigenvalue weighted by Crippen LogP contribution is -2.06. The van der Waals surface area contributed by atoms with E-state index in [9.17, 15) is 4.79 Å². The first kappa shape index (κ1) is 24.0. The summed E-state index contributed by atoms with van der Waals surface area (Å²) in [5.74, 6) is 0.153. The highest BCUT2D eigenvalue weighted by atomic mass is 35.5. The van der Waals surface area contributed by atoms with Crippen LogP contribution in [-0.4, -0.2) is 5.78 Å². The lowest BCUT2D eigenvalue weighted by atomic mass is 10.0. The highest BCUT2D eigenvalue weighted by Crippen LogP contribution is 2.23. The molecule has 0 N–H and O–H groups in total. The monoisotopic (exact) mass is 390 g/mol. The smallest absolute Gasteiger partial charge is 0.155 e. The molecule has 27 heavy (non-hydrogen) atoms. The van der Waals surface area contributed by atoms with Gasteiger partial charge in [0.25, 0.3) is 0 Å². The van der Waals surface area contributed by atoms with E-state index in [0.717, 1.165) is 18.4 Å². The molecule has 0 heterocycles. The minimum Gasteiger partial charge on any atom is -0.298 e. The van der Waals surface area contributed by atoms with Crippen LogP contribution in [0.25, 0.3) is 0 Å². The van der Waals surface area contributed by atoms with Crippen molar-refractivity contribution in [3.63, 3.8) is 0 Å². The van der Waals surface area contributed by atoms with E-state index in [2.05, 4.69) is 19.1 Å². The predicted octanol–water partition coefficient (Wildman–Crippen LogP) is 8.57. The molecule has 2 heteroatoms. The molecule has 0 aromatic heterocycles. The molecule has 0 spiro atoms. The summed E-state index contributed by atoms with van der Waals surface area (Å²) in [7, 11) is 0. The predicted molar refractivity (Wildman–Crippen MR) is 119 cm³/mol. The molecule has 1 nitrogen and oxygen atoms in total. The molecule has 0 aliphatic rings. The van der Waals surface area contributed by atoms with E-state index in [0.29, 0.717) is 6.42 Å². The zero-order valence-corrected chi connectivity index (χ0v) is 18.1. The average Bonchev–Trinajstić information content (AvgIpc) is 2.70. The normalized spacial score (nSPS) is 12.5. The molecule has 0 aliphatic heterocycles. The van der Waals surface area contributed by atoms with Crippen molar-refractivity contribution >= 4 is 17.4 Å². The standard InChI is InChI=1S/C25H39ClO/c1-2-3-4-5-6-7-8-9-10-11-12-13-14-15-19-22-24(27)25(26)23-20-17-16-18-21-23/h9-10,16-18,20-21,25H,2-8,11-15,19,22H2,1H3/b10-9-. The number of hydrogen-bond acceptors (Lipinski definition) is 1. The van der Waals surface area contributed by atoms with E-state index in [1.807, 2.05) is 30.3 Å². The van der Waals surface area contributed by atoms with Crippen LogP contribution < -0.4 is 0 Å². The highest BCUT2D eigenvalue weighted by Gasteiger charge is 2.16. The zero-order valence-electron chi connectivity index (χ0n) is 17.3. The summed E-state index contributed by atoms with van der Waals surface area (Å²) in [4.78, 5) is 12.1. The molecule has 0 amide bonds. The Morgan fingerprint density at radius 1 is 0.815 bits per heavy atom. The second-order valence-corrected chi connectivity index (χ2v) is 8.01. The molecule has 1 aromatic rings. The number of rotatable bonds is 17. The van der Waals surface area contributed by atoms with Gasteiger partial charge >= 0.3 is 0 Å². The number of allylic oxidation sites excluding steroid dienone is 2. The van der Waals surface area contributed by atoms with Gasteiger partial charge in [0, 0.05) is 6.42 Å². The first-order chi connectivity index (χ1) is 13.3. The van der Waals surface area contributed by atoms with Crippen molar-refractivity contribution in [2.45, 2.75) is 102 Å². The van der Waals surface area contributed by atoms with Crippen LogP contribution in [0, 0.1) is 0 Å². The summed E-state index contributed by atoms with van der Waals surface area (Å²) in [6, 6.07) is 9.66. The van der Waals surface area contributed by atoms with Crippen molar-refractivity contribution in [2.75, 3.05) is 0 Å². The number of ketones is 1. The summed E-state index contributed by atoms with van der Waals surface area (Å²) in [6.07, 6.45) is 21.9. The van der Waals surface area contributed by atoms with Gasteiger partial charge < -0.3 is 0 Å². The fourth-order valence-electron chi connectivity index (χ4n) is 3.30. The lowest BCUT2D eigenvalue weighted by Gasteiger charge is -2.08. The first-order valence-electron chi connectivity index (χ1n) is 11.1. The number of benzene rings is 1. The summed E-state index contributed by atoms with van der Waals surface area (Å²) < 4.78 is 0. The number of Topliss-reactive ketones (excluding diaryl/α,β-unsaturated/α-hetero) is 1. The van der Waals surface area contributed by atoms with Crippen LogP contribution in [0.2, 0.25) is 0 Å². The molecular weight excluding hydrogens is 352 g/mol. The SMILES string of the molecule is CCCCCCCC/C=C\CCCCCCCC(=O)C(Cl)c1ccccc1. The van der Waals surface area contributed by atoms with Gasteiger partial charge in [0.05, 0.1) is 0 Å². The summed E-state index contributed by atoms with van der Waals surface area (Å²) in [5.41, 5.74) is 0.914. The van der Waals surface area contributed by atoms with Crippen molar-refractivity contribution in [3.05, 3.63) is 48.0 Å². The Balaban J connectivity index is 1.90. The van der Waals surface area contributed by atoms with Crippen LogP contribution in [-0.2, 0) is 4.79 Å². The van der Waals surface area contributed by atoms with Crippen LogP contribution in [0.15, 0.2) is 42.5 Å². The minimum atomic E-state index is -0.483. The number of halogens is 1. The van der Waals surface area contributed by atoms with Gasteiger partial charge in [-0.15, -0.1) is 11.6 Å². The number of carbonyl (C=O) groups is 1. The maximum atomic E-state index is 12.1. The van der Waals surface area contributed by atoms with E-state index in [1.54, 1.807) is 0 Å². The molecule has 0 bridgehead atoms. The Hall–Kier alpha value is -1.08. The van der Waals surface area contributed by atoms with E-state index >= 15 is 0 Å². The first-order valence-corrected chi connectivity index (χ1v) is 11.6. The third-order valence-electron chi connectivity index (χ3n) is 5.06. The Bertz CT molecular complexity index is 494. The number of hydrogen-bond donors (Lipinski definition) is 0. The molecule has 1 atom stereocenters. The molecule has 0 saturated carbocycles. The molecule has 152 valence electrons. The van der Waals surface area contributed by atoms with Gasteiger partial charge in [0.2, 0.25) is 0 Å². The third-order valence-corrected chi connectivity index (χ3v) is 5.56. The molecular formula is C25H39ClO. The van der Waals surface area contributed by atoms with Crippen molar-refractivity contribution < 1.29 is 4.79 Å². The van der Waals surface area contributed by atoms with Crippen LogP contribution in [0.4, 0.5) is 0 Å². The zero-order chi connectivity index (χ0) is 19.6. The summed E-state index contributed by atoms with van der Waals surface area (Å²) in [5, 5.41) is -0.483. The highest BCUT2D eigenvalue weighted by molar-refractivity contribution is 6.31. The van der Waals surface area contributed by atoms with Crippen molar-refractivity contribution in [1.29, 1.82) is 0 Å². The Kier molecular flexibility index (Phi) is 15.1. The lowest BCUT2D eigenvalue weighted by molar-refractivity contribution is -0.118. The molecule has 1 rings (SSSR count). The Morgan fingerprint density at radius 3 is 1.93 bits per heavy atom. The molecule has 0 aliphatic carbocycles. The number of alkyl halides is 1. The van der Waals surface area contributed by atoms with Crippen LogP contribution in [0.1, 0.15) is 108 Å². The van der Waals surface area contributed by atoms with Gasteiger partial charge in [-0.3, -0.25) is 4.79 Å². The van der Waals surface area contributed by atoms with E-state index in [1.165, 1.54) is 70.6 Å². The van der Waals surface area contributed by atoms with Crippen molar-refractivity contribution in [1.82, 2.24) is 0 Å². The number of carbonyl (C=O) groups excluding carboxylic acids is 1. The second kappa shape index (κ2) is 17.0. The van der Waals surface area contributed by atoms with Crippen LogP contribution in [0.5, 0.6) is 0 Å². The number of unbranched alkanes of at least 4 members (excludes halogenated alkanes) is 11. The van der Waals surface area contributed by atoms with Crippen molar-refractivity contribution in [3.8, 4) is 0 Å². The molecule has 0 radical (unpaired) electrons. The van der Waals surface area contributed by atoms with Gasteiger partial charge in [-0.2, -0.15) is 0 Å². The van der Waals surface area contributed by atoms with Gasteiger partial charge in [-0.1, -0.05) is 101 Å². The largest absolute Gasteiger partial charge is 0.298 e. The van der Waals surface area contributed by atoms with Gasteiger partial charge in [-0.05, 0) is 37.7 Å². The quantitative estimate of drug-likeness (QED) is 0.148. The average molecular weight is 391 g/mol. The summed E-state index contributed by atoms with van der Waals surface area (Å²) in [6.45, 7) is 2.27. The minimum absolute atomic E-state index is 0.153. The molecule has 0 saturated heterocycles. The third kappa shape index (κ3) is 12.8. The van der Waals surface area contributed by atoms with E-state index in [4.69, 9.17) is 11.6 Å². The molecule has 1 unspecified atom stereocenters. The van der Waals surface area contributed by atoms with Crippen molar-refractivity contribution in [2.24, 2.45) is 0 Å². The summed E-state index contributed by atoms with van der Waals surface area (Å²) >= 11 is 6.26. The fourth-order valence-corrected chi connectivity index (χ4v) is 3.56. The second-order valence-electron chi connectivity index (χ2n) is 7.57. The van der Waals surface area contributed by atoms with Gasteiger partial charge in [-0.25, -0.2) is 0 Å². The Morgan fingerprint density at radius 2 is 1.33 bits per heavy atom. The molecule has 0 fully saturated rings. The Labute approximate surface area is 172 Å². The van der Waals surface area contributed by atoms with Gasteiger partial charge in [0.1, 0.15) is 5.38 Å². The maximum Gasteiger partial charge on any atom is 0.155 e. The van der Waals surface area contributed by atoms with E-state index in [-0.39, 0.29) is 5.78 Å². The molecule has 1 aromatic carbocycles. The van der Waals surface area contributed by atoms with Gasteiger partial charge in [0.15, 0.2) is 5.78 Å².